The highest BCUT2D eigenvalue weighted by Gasteiger charge is 2.20. The number of nitrogens with one attached hydrogen (secondary N) is 1. The van der Waals surface area contributed by atoms with Crippen LogP contribution in [0.4, 0.5) is 5.69 Å². The van der Waals surface area contributed by atoms with Crippen molar-refractivity contribution in [1.82, 2.24) is 4.90 Å². The largest absolute Gasteiger partial charge is 0.497 e. The Morgan fingerprint density at radius 3 is 2.94 bits per heavy atom. The highest BCUT2D eigenvalue weighted by molar-refractivity contribution is 5.61. The molecule has 1 fully saturated rings. The van der Waals surface area contributed by atoms with Gasteiger partial charge in [-0.1, -0.05) is 0 Å². The Bertz CT molecular complexity index is 439. The summed E-state index contributed by atoms with van der Waals surface area (Å²) in [6.07, 6.45) is 1.11. The van der Waals surface area contributed by atoms with Gasteiger partial charge in [-0.05, 0) is 32.1 Å². The number of nitriles is 1. The normalized spacial score (nSPS) is 19.9. The maximum atomic E-state index is 9.07. The molecule has 1 aliphatic heterocycles. The minimum Gasteiger partial charge on any atom is -0.497 e. The maximum Gasteiger partial charge on any atom is 0.121 e. The van der Waals surface area contributed by atoms with E-state index >= 15 is 0 Å². The predicted octanol–water partition coefficient (Wildman–Crippen LogP) is 1.68. The van der Waals surface area contributed by atoms with Crippen LogP contribution in [0.3, 0.4) is 0 Å². The van der Waals surface area contributed by atoms with E-state index in [1.54, 1.807) is 13.2 Å². The topological polar surface area (TPSA) is 48.3 Å². The predicted molar refractivity (Wildman–Crippen MR) is 67.2 cm³/mol. The first-order valence-corrected chi connectivity index (χ1v) is 5.76. The Kier molecular flexibility index (Phi) is 3.50. The number of hydrogen-bond acceptors (Lipinski definition) is 4. The van der Waals surface area contributed by atoms with Gasteiger partial charge < -0.3 is 15.0 Å². The molecule has 1 aromatic carbocycles. The van der Waals surface area contributed by atoms with Crippen LogP contribution in [0.25, 0.3) is 0 Å². The average molecular weight is 231 g/mol. The zero-order chi connectivity index (χ0) is 12.3. The summed E-state index contributed by atoms with van der Waals surface area (Å²) in [7, 11) is 3.74. The molecule has 1 N–H and O–H groups in total. The highest BCUT2D eigenvalue weighted by Crippen LogP contribution is 2.24. The van der Waals surface area contributed by atoms with E-state index < -0.39 is 0 Å². The van der Waals surface area contributed by atoms with Crippen LogP contribution in [0.15, 0.2) is 18.2 Å². The third-order valence-corrected chi connectivity index (χ3v) is 3.10. The number of methoxy groups -OCH3 is 1. The van der Waals surface area contributed by atoms with E-state index in [1.165, 1.54) is 0 Å². The molecule has 1 atom stereocenters. The van der Waals surface area contributed by atoms with Crippen LogP contribution in [0.2, 0.25) is 0 Å². The van der Waals surface area contributed by atoms with E-state index in [1.807, 2.05) is 12.1 Å². The second-order valence-corrected chi connectivity index (χ2v) is 4.42. The van der Waals surface area contributed by atoms with Crippen LogP contribution in [0, 0.1) is 11.3 Å². The fourth-order valence-electron chi connectivity index (χ4n) is 2.14. The summed E-state index contributed by atoms with van der Waals surface area (Å²) in [4.78, 5) is 2.28. The molecular weight excluding hydrogens is 214 g/mol. The first kappa shape index (κ1) is 11.7. The number of rotatable bonds is 3. The molecule has 90 valence electrons. The van der Waals surface area contributed by atoms with Crippen molar-refractivity contribution >= 4 is 5.69 Å². The number of nitrogens with zero attached hydrogens (tertiary/aromatic N) is 2. The van der Waals surface area contributed by atoms with Gasteiger partial charge in [0.15, 0.2) is 0 Å². The molecule has 0 saturated carbocycles. The summed E-state index contributed by atoms with van der Waals surface area (Å²) < 4.78 is 5.18. The Morgan fingerprint density at radius 1 is 1.53 bits per heavy atom. The Morgan fingerprint density at radius 2 is 2.35 bits per heavy atom. The van der Waals surface area contributed by atoms with Gasteiger partial charge >= 0.3 is 0 Å². The monoisotopic (exact) mass is 231 g/mol. The van der Waals surface area contributed by atoms with Crippen molar-refractivity contribution in [2.75, 3.05) is 32.6 Å². The number of likely N-dealkylation sites (tertiary alicyclic amines) is 1. The van der Waals surface area contributed by atoms with Crippen molar-refractivity contribution in [3.8, 4) is 11.8 Å². The Balaban J connectivity index is 2.16. The fourth-order valence-corrected chi connectivity index (χ4v) is 2.14. The van der Waals surface area contributed by atoms with Crippen LogP contribution in [-0.2, 0) is 0 Å². The van der Waals surface area contributed by atoms with Gasteiger partial charge in [0.05, 0.1) is 18.4 Å². The van der Waals surface area contributed by atoms with Gasteiger partial charge in [-0.3, -0.25) is 0 Å². The average Bonchev–Trinajstić information content (AvgIpc) is 2.74. The van der Waals surface area contributed by atoms with Crippen molar-refractivity contribution in [3.05, 3.63) is 23.8 Å². The van der Waals surface area contributed by atoms with Gasteiger partial charge in [-0.25, -0.2) is 0 Å². The summed E-state index contributed by atoms with van der Waals surface area (Å²) in [6.45, 7) is 2.12. The number of benzene rings is 1. The molecular formula is C13H17N3O. The van der Waals surface area contributed by atoms with Crippen molar-refractivity contribution in [3.63, 3.8) is 0 Å². The number of anilines is 1. The second kappa shape index (κ2) is 5.07. The molecule has 1 aromatic rings. The van der Waals surface area contributed by atoms with Crippen LogP contribution in [0.1, 0.15) is 12.0 Å². The molecule has 0 aromatic heterocycles. The fraction of sp³-hybridized carbons (Fsp3) is 0.462. The zero-order valence-corrected chi connectivity index (χ0v) is 10.2. The third-order valence-electron chi connectivity index (χ3n) is 3.10. The Labute approximate surface area is 102 Å². The molecule has 4 heteroatoms. The lowest BCUT2D eigenvalue weighted by molar-refractivity contribution is 0.413. The van der Waals surface area contributed by atoms with Gasteiger partial charge in [-0.15, -0.1) is 0 Å². The summed E-state index contributed by atoms with van der Waals surface area (Å²) >= 11 is 0. The van der Waals surface area contributed by atoms with E-state index in [0.717, 1.165) is 30.9 Å². The minimum absolute atomic E-state index is 0.416. The molecule has 1 unspecified atom stereocenters. The molecule has 1 saturated heterocycles. The van der Waals surface area contributed by atoms with Crippen molar-refractivity contribution in [1.29, 1.82) is 5.26 Å². The third kappa shape index (κ3) is 2.69. The second-order valence-electron chi connectivity index (χ2n) is 4.42. The molecule has 4 nitrogen and oxygen atoms in total. The highest BCUT2D eigenvalue weighted by atomic mass is 16.5. The lowest BCUT2D eigenvalue weighted by Gasteiger charge is -2.16. The summed E-state index contributed by atoms with van der Waals surface area (Å²) in [6, 6.07) is 8.10. The molecule has 1 aliphatic rings. The Hall–Kier alpha value is -1.73. The van der Waals surface area contributed by atoms with E-state index in [9.17, 15) is 0 Å². The summed E-state index contributed by atoms with van der Waals surface area (Å²) in [5.74, 6) is 0.776. The van der Waals surface area contributed by atoms with Gasteiger partial charge in [0.25, 0.3) is 0 Å². The quantitative estimate of drug-likeness (QED) is 0.860. The van der Waals surface area contributed by atoms with Gasteiger partial charge in [-0.2, -0.15) is 5.26 Å². The van der Waals surface area contributed by atoms with Gasteiger partial charge in [0.2, 0.25) is 0 Å². The van der Waals surface area contributed by atoms with E-state index in [-0.39, 0.29) is 0 Å². The molecule has 0 amide bonds. The number of ether oxygens (including phenoxy) is 1. The molecule has 0 spiro atoms. The first-order valence-electron chi connectivity index (χ1n) is 5.76. The maximum absolute atomic E-state index is 9.07. The number of hydrogen-bond donors (Lipinski definition) is 1. The summed E-state index contributed by atoms with van der Waals surface area (Å²) in [5, 5.41) is 12.5. The molecule has 1 heterocycles. The molecule has 0 radical (unpaired) electrons. The SMILES string of the molecule is COc1ccc(C#N)c(NC2CCN(C)C2)c1. The molecule has 2 rings (SSSR count). The van der Waals surface area contributed by atoms with Crippen LogP contribution < -0.4 is 10.1 Å². The number of likely N-dealkylation sites (N-methyl/N-ethyl adjacent to an activating group) is 1. The first-order chi connectivity index (χ1) is 8.22. The minimum atomic E-state index is 0.416. The van der Waals surface area contributed by atoms with E-state index in [4.69, 9.17) is 10.00 Å². The van der Waals surface area contributed by atoms with Crippen molar-refractivity contribution in [2.45, 2.75) is 12.5 Å². The lowest BCUT2D eigenvalue weighted by Crippen LogP contribution is -2.23. The van der Waals surface area contributed by atoms with E-state index in [2.05, 4.69) is 23.3 Å². The summed E-state index contributed by atoms with van der Waals surface area (Å²) in [5.41, 5.74) is 1.53. The van der Waals surface area contributed by atoms with Gasteiger partial charge in [0, 0.05) is 18.7 Å². The van der Waals surface area contributed by atoms with Crippen molar-refractivity contribution < 1.29 is 4.74 Å². The van der Waals surface area contributed by atoms with Crippen LogP contribution in [0.5, 0.6) is 5.75 Å². The zero-order valence-electron chi connectivity index (χ0n) is 10.2. The lowest BCUT2D eigenvalue weighted by atomic mass is 10.1. The molecule has 17 heavy (non-hydrogen) atoms. The van der Waals surface area contributed by atoms with Crippen LogP contribution in [-0.4, -0.2) is 38.2 Å². The molecule has 0 bridgehead atoms. The standard InChI is InChI=1S/C13H17N3O/c1-16-6-5-11(9-16)15-13-7-12(17-2)4-3-10(13)8-14/h3-4,7,11,15H,5-6,9H2,1-2H3. The van der Waals surface area contributed by atoms with Gasteiger partial charge in [0.1, 0.15) is 11.8 Å². The van der Waals surface area contributed by atoms with Crippen LogP contribution >= 0.6 is 0 Å². The smallest absolute Gasteiger partial charge is 0.121 e. The van der Waals surface area contributed by atoms with Crippen molar-refractivity contribution in [2.24, 2.45) is 0 Å². The van der Waals surface area contributed by atoms with E-state index in [0.29, 0.717) is 11.6 Å². The molecule has 0 aliphatic carbocycles.